The van der Waals surface area contributed by atoms with Crippen molar-refractivity contribution in [1.82, 2.24) is 0 Å². The molecule has 0 radical (unpaired) electrons. The smallest absolute Gasteiger partial charge is 0.207 e. The van der Waals surface area contributed by atoms with Crippen molar-refractivity contribution < 1.29 is 9.13 Å². The Morgan fingerprint density at radius 1 is 1.08 bits per heavy atom. The highest BCUT2D eigenvalue weighted by atomic mass is 19.1. The molecule has 1 fully saturated rings. The maximum Gasteiger partial charge on any atom is 0.207 e. The highest BCUT2D eigenvalue weighted by Gasteiger charge is 2.25. The van der Waals surface area contributed by atoms with Gasteiger partial charge in [0.15, 0.2) is 0 Å². The molecule has 138 valence electrons. The van der Waals surface area contributed by atoms with Gasteiger partial charge >= 0.3 is 0 Å². The summed E-state index contributed by atoms with van der Waals surface area (Å²) in [6, 6.07) is 10.2. The minimum absolute atomic E-state index is 0.143. The summed E-state index contributed by atoms with van der Waals surface area (Å²) >= 11 is 0. The van der Waals surface area contributed by atoms with Crippen LogP contribution in [0.1, 0.15) is 50.0 Å². The van der Waals surface area contributed by atoms with Crippen LogP contribution < -0.4 is 0 Å². The number of allylic oxidation sites excluding steroid dienone is 4. The van der Waals surface area contributed by atoms with E-state index in [2.05, 4.69) is 24.0 Å². The molecule has 0 spiro atoms. The molecule has 2 aliphatic carbocycles. The topological polar surface area (TPSA) is 9.23 Å². The third kappa shape index (κ3) is 5.32. The molecule has 0 amide bonds. The predicted octanol–water partition coefficient (Wildman–Crippen LogP) is 5.84. The van der Waals surface area contributed by atoms with E-state index < -0.39 is 5.67 Å². The molecule has 0 saturated heterocycles. The van der Waals surface area contributed by atoms with Gasteiger partial charge in [-0.25, -0.2) is 4.39 Å². The number of hydrogen-bond acceptors (Lipinski definition) is 1. The van der Waals surface area contributed by atoms with Crippen LogP contribution in [0.2, 0.25) is 0 Å². The molecule has 1 saturated carbocycles. The number of alkyl halides is 1. The minimum atomic E-state index is -1.61. The van der Waals surface area contributed by atoms with Crippen LogP contribution in [0, 0.1) is 23.7 Å². The van der Waals surface area contributed by atoms with Crippen LogP contribution in [0.15, 0.2) is 54.6 Å². The van der Waals surface area contributed by atoms with Crippen molar-refractivity contribution in [2.24, 2.45) is 11.8 Å². The zero-order chi connectivity index (χ0) is 18.2. The van der Waals surface area contributed by atoms with Crippen LogP contribution in [0.25, 0.3) is 0 Å². The lowest BCUT2D eigenvalue weighted by atomic mass is 9.80. The second kappa shape index (κ2) is 9.19. The molecule has 0 N–H and O–H groups in total. The molecule has 1 nitrogen and oxygen atoms in total. The molecule has 0 aromatic heterocycles. The van der Waals surface area contributed by atoms with Gasteiger partial charge in [-0.1, -0.05) is 54.3 Å². The van der Waals surface area contributed by atoms with Crippen molar-refractivity contribution in [2.45, 2.75) is 50.1 Å². The van der Waals surface area contributed by atoms with E-state index in [-0.39, 0.29) is 5.92 Å². The van der Waals surface area contributed by atoms with Crippen LogP contribution in [0.4, 0.5) is 4.39 Å². The Balaban J connectivity index is 1.50. The first-order valence-corrected chi connectivity index (χ1v) is 9.83. The van der Waals surface area contributed by atoms with Crippen LogP contribution >= 0.6 is 0 Å². The summed E-state index contributed by atoms with van der Waals surface area (Å²) in [6.45, 7) is 0.854. The highest BCUT2D eigenvalue weighted by Crippen LogP contribution is 2.32. The van der Waals surface area contributed by atoms with Gasteiger partial charge in [0.05, 0.1) is 0 Å². The number of methoxy groups -OCH3 is 1. The molecule has 1 aromatic carbocycles. The molecule has 2 aliphatic rings. The molecule has 0 aliphatic heterocycles. The second-order valence-electron chi connectivity index (χ2n) is 7.54. The molecule has 2 heteroatoms. The Labute approximate surface area is 157 Å². The van der Waals surface area contributed by atoms with Crippen molar-refractivity contribution in [3.8, 4) is 11.8 Å². The molecule has 0 atom stereocenters. The van der Waals surface area contributed by atoms with Gasteiger partial charge in [0.2, 0.25) is 5.67 Å². The van der Waals surface area contributed by atoms with Crippen LogP contribution in [0.5, 0.6) is 0 Å². The van der Waals surface area contributed by atoms with Crippen LogP contribution in [0.3, 0.4) is 0 Å². The van der Waals surface area contributed by atoms with Crippen molar-refractivity contribution in [2.75, 3.05) is 13.7 Å². The molecule has 0 heterocycles. The summed E-state index contributed by atoms with van der Waals surface area (Å²) in [7, 11) is 1.76. The van der Waals surface area contributed by atoms with Gasteiger partial charge in [0, 0.05) is 25.6 Å². The fraction of sp³-hybridized carbons (Fsp3) is 0.500. The Hall–Kier alpha value is -1.85. The van der Waals surface area contributed by atoms with E-state index in [0.29, 0.717) is 5.92 Å². The second-order valence-corrected chi connectivity index (χ2v) is 7.54. The zero-order valence-corrected chi connectivity index (χ0v) is 15.7. The van der Waals surface area contributed by atoms with Gasteiger partial charge in [-0.3, -0.25) is 0 Å². The monoisotopic (exact) mass is 352 g/mol. The van der Waals surface area contributed by atoms with E-state index in [1.165, 1.54) is 24.8 Å². The first-order chi connectivity index (χ1) is 12.7. The van der Waals surface area contributed by atoms with Crippen molar-refractivity contribution in [3.05, 3.63) is 60.2 Å². The lowest BCUT2D eigenvalue weighted by molar-refractivity contribution is 0.179. The molecule has 1 aromatic rings. The summed E-state index contributed by atoms with van der Waals surface area (Å²) in [6.07, 6.45) is 14.1. The quantitative estimate of drug-likeness (QED) is 0.367. The van der Waals surface area contributed by atoms with Gasteiger partial charge in [-0.05, 0) is 62.2 Å². The average molecular weight is 352 g/mol. The molecule has 3 rings (SSSR count). The number of halogens is 1. The minimum Gasteiger partial charge on any atom is -0.385 e. The van der Waals surface area contributed by atoms with Gasteiger partial charge in [0.25, 0.3) is 0 Å². The Bertz CT molecular complexity index is 657. The highest BCUT2D eigenvalue weighted by molar-refractivity contribution is 5.41. The Morgan fingerprint density at radius 3 is 2.42 bits per heavy atom. The summed E-state index contributed by atoms with van der Waals surface area (Å²) in [5.74, 6) is 7.40. The lowest BCUT2D eigenvalue weighted by Crippen LogP contribution is -2.19. The Kier molecular flexibility index (Phi) is 6.69. The van der Waals surface area contributed by atoms with E-state index in [0.717, 1.165) is 31.8 Å². The van der Waals surface area contributed by atoms with Gasteiger partial charge in [-0.2, -0.15) is 0 Å². The van der Waals surface area contributed by atoms with Crippen molar-refractivity contribution >= 4 is 0 Å². The van der Waals surface area contributed by atoms with Crippen molar-refractivity contribution in [1.29, 1.82) is 0 Å². The fourth-order valence-electron chi connectivity index (χ4n) is 3.91. The van der Waals surface area contributed by atoms with Gasteiger partial charge in [0.1, 0.15) is 0 Å². The zero-order valence-electron chi connectivity index (χ0n) is 15.7. The SMILES string of the molecule is COCCC[C@H]1CC[C@H](C#CC2(F)C=CC(c3ccccc3)C=C2)CC1. The molecular weight excluding hydrogens is 323 g/mol. The van der Waals surface area contributed by atoms with Crippen LogP contribution in [-0.2, 0) is 4.74 Å². The maximum atomic E-state index is 14.9. The normalized spacial score (nSPS) is 30.6. The molecular formula is C24H29FO. The third-order valence-corrected chi connectivity index (χ3v) is 5.55. The van der Waals surface area contributed by atoms with Crippen molar-refractivity contribution in [3.63, 3.8) is 0 Å². The van der Waals surface area contributed by atoms with E-state index in [9.17, 15) is 4.39 Å². The van der Waals surface area contributed by atoms with Gasteiger partial charge in [-0.15, -0.1) is 0 Å². The van der Waals surface area contributed by atoms with E-state index >= 15 is 0 Å². The van der Waals surface area contributed by atoms with E-state index in [1.54, 1.807) is 19.3 Å². The maximum absolute atomic E-state index is 14.9. The largest absolute Gasteiger partial charge is 0.385 e. The standard InChI is InChI=1S/C24H29FO/c1-26-19-5-6-20-9-11-21(12-10-20)13-16-24(25)17-14-23(15-18-24)22-7-3-2-4-8-22/h2-4,7-8,14-15,17-18,20-21,23H,5-6,9-12,19H2,1H3/t20-,21-,23?,24?. The summed E-state index contributed by atoms with van der Waals surface area (Å²) in [5.41, 5.74) is -0.428. The van der Waals surface area contributed by atoms with Gasteiger partial charge < -0.3 is 4.74 Å². The van der Waals surface area contributed by atoms with Crippen LogP contribution in [-0.4, -0.2) is 19.4 Å². The first kappa shape index (κ1) is 18.9. The number of ether oxygens (including phenoxy) is 1. The number of hydrogen-bond donors (Lipinski definition) is 0. The van der Waals surface area contributed by atoms with E-state index in [4.69, 9.17) is 4.74 Å². The number of rotatable bonds is 5. The summed E-state index contributed by atoms with van der Waals surface area (Å²) < 4.78 is 20.1. The number of benzene rings is 1. The first-order valence-electron chi connectivity index (χ1n) is 9.83. The molecule has 0 unspecified atom stereocenters. The summed E-state index contributed by atoms with van der Waals surface area (Å²) in [4.78, 5) is 0. The third-order valence-electron chi connectivity index (χ3n) is 5.55. The average Bonchev–Trinajstić information content (AvgIpc) is 2.69. The Morgan fingerprint density at radius 2 is 1.77 bits per heavy atom. The molecule has 0 bridgehead atoms. The predicted molar refractivity (Wildman–Crippen MR) is 106 cm³/mol. The summed E-state index contributed by atoms with van der Waals surface area (Å²) in [5, 5.41) is 0. The molecule has 26 heavy (non-hydrogen) atoms. The van der Waals surface area contributed by atoms with E-state index in [1.807, 2.05) is 30.4 Å². The lowest BCUT2D eigenvalue weighted by Gasteiger charge is -2.26. The fourth-order valence-corrected chi connectivity index (χ4v) is 3.91.